The zero-order valence-corrected chi connectivity index (χ0v) is 12.7. The molecule has 3 nitrogen and oxygen atoms in total. The molecule has 0 aromatic carbocycles. The van der Waals surface area contributed by atoms with Gasteiger partial charge in [-0.15, -0.1) is 0 Å². The molecule has 1 unspecified atom stereocenters. The third-order valence-electron chi connectivity index (χ3n) is 3.17. The molecule has 1 aliphatic heterocycles. The molecule has 1 fully saturated rings. The molecule has 1 aliphatic rings. The minimum atomic E-state index is 0.207. The lowest BCUT2D eigenvalue weighted by Gasteiger charge is -2.33. The summed E-state index contributed by atoms with van der Waals surface area (Å²) in [5, 5.41) is 4.65. The molecule has 17 heavy (non-hydrogen) atoms. The van der Waals surface area contributed by atoms with Crippen LogP contribution in [0.15, 0.2) is 4.99 Å². The second kappa shape index (κ2) is 6.64. The number of thioether (sulfide) groups is 1. The van der Waals surface area contributed by atoms with Gasteiger partial charge in [-0.3, -0.25) is 4.99 Å². The van der Waals surface area contributed by atoms with Gasteiger partial charge in [-0.05, 0) is 40.3 Å². The van der Waals surface area contributed by atoms with Crippen molar-refractivity contribution in [1.82, 2.24) is 10.2 Å². The molecule has 4 heteroatoms. The Morgan fingerprint density at radius 3 is 2.59 bits per heavy atom. The lowest BCUT2D eigenvalue weighted by molar-refractivity contribution is 0.289. The van der Waals surface area contributed by atoms with Crippen molar-refractivity contribution in [1.29, 1.82) is 0 Å². The fraction of sp³-hybridized carbons (Fsp3) is 0.923. The molecule has 0 spiro atoms. The highest BCUT2D eigenvalue weighted by Crippen LogP contribution is 2.21. The number of amidine groups is 1. The summed E-state index contributed by atoms with van der Waals surface area (Å²) >= 11 is 1.86. The summed E-state index contributed by atoms with van der Waals surface area (Å²) in [6.45, 7) is 14.4. The van der Waals surface area contributed by atoms with Crippen LogP contribution in [0.4, 0.5) is 0 Å². The van der Waals surface area contributed by atoms with Crippen LogP contribution in [-0.2, 0) is 0 Å². The van der Waals surface area contributed by atoms with E-state index in [1.807, 2.05) is 11.8 Å². The predicted octanol–water partition coefficient (Wildman–Crippen LogP) is 2.58. The molecular formula is C13H27N3S. The average Bonchev–Trinajstić information content (AvgIpc) is 2.24. The van der Waals surface area contributed by atoms with E-state index < -0.39 is 0 Å². The van der Waals surface area contributed by atoms with Gasteiger partial charge in [0.15, 0.2) is 5.17 Å². The zero-order valence-electron chi connectivity index (χ0n) is 11.9. The van der Waals surface area contributed by atoms with Crippen molar-refractivity contribution in [2.75, 3.05) is 25.4 Å². The van der Waals surface area contributed by atoms with E-state index in [0.29, 0.717) is 6.04 Å². The predicted molar refractivity (Wildman–Crippen MR) is 79.0 cm³/mol. The Morgan fingerprint density at radius 2 is 2.06 bits per heavy atom. The highest BCUT2D eigenvalue weighted by Gasteiger charge is 2.24. The highest BCUT2D eigenvalue weighted by atomic mass is 32.2. The first-order chi connectivity index (χ1) is 7.96. The smallest absolute Gasteiger partial charge is 0.157 e. The molecule has 100 valence electrons. The maximum atomic E-state index is 4.79. The van der Waals surface area contributed by atoms with Crippen LogP contribution in [-0.4, -0.2) is 47.0 Å². The van der Waals surface area contributed by atoms with Gasteiger partial charge in [-0.2, -0.15) is 0 Å². The summed E-state index contributed by atoms with van der Waals surface area (Å²) in [6.07, 6.45) is 1.21. The van der Waals surface area contributed by atoms with Gasteiger partial charge in [0.25, 0.3) is 0 Å². The van der Waals surface area contributed by atoms with Gasteiger partial charge in [0.2, 0.25) is 0 Å². The van der Waals surface area contributed by atoms with Gasteiger partial charge < -0.3 is 10.2 Å². The van der Waals surface area contributed by atoms with Crippen molar-refractivity contribution < 1.29 is 0 Å². The van der Waals surface area contributed by atoms with Crippen molar-refractivity contribution in [2.24, 2.45) is 4.99 Å². The van der Waals surface area contributed by atoms with Gasteiger partial charge in [-0.25, -0.2) is 0 Å². The van der Waals surface area contributed by atoms with E-state index in [0.717, 1.165) is 24.8 Å². The molecule has 1 rings (SSSR count). The fourth-order valence-corrected chi connectivity index (χ4v) is 3.37. The molecule has 1 heterocycles. The first kappa shape index (κ1) is 14.8. The lowest BCUT2D eigenvalue weighted by Crippen LogP contribution is -2.46. The Balaban J connectivity index is 2.50. The van der Waals surface area contributed by atoms with E-state index in [4.69, 9.17) is 4.99 Å². The molecule has 0 aromatic rings. The highest BCUT2D eigenvalue weighted by molar-refractivity contribution is 8.13. The van der Waals surface area contributed by atoms with Crippen LogP contribution in [0.25, 0.3) is 0 Å². The third kappa shape index (κ3) is 5.30. The van der Waals surface area contributed by atoms with Gasteiger partial charge in [0.1, 0.15) is 0 Å². The summed E-state index contributed by atoms with van der Waals surface area (Å²) in [6, 6.07) is 0.374. The van der Waals surface area contributed by atoms with Gasteiger partial charge in [0, 0.05) is 17.8 Å². The number of likely N-dealkylation sites (N-methyl/N-ethyl adjacent to an activating group) is 1. The van der Waals surface area contributed by atoms with Crippen LogP contribution in [0.2, 0.25) is 0 Å². The minimum absolute atomic E-state index is 0.207. The Morgan fingerprint density at radius 1 is 1.41 bits per heavy atom. The van der Waals surface area contributed by atoms with Crippen molar-refractivity contribution in [3.63, 3.8) is 0 Å². The summed E-state index contributed by atoms with van der Waals surface area (Å²) in [5.41, 5.74) is 0.207. The summed E-state index contributed by atoms with van der Waals surface area (Å²) < 4.78 is 0. The van der Waals surface area contributed by atoms with Gasteiger partial charge in [0.05, 0.1) is 6.04 Å². The second-order valence-corrected chi connectivity index (χ2v) is 6.46. The minimum Gasteiger partial charge on any atom is -0.360 e. The Kier molecular flexibility index (Phi) is 5.80. The standard InChI is InChI=1S/C13H27N3S/c1-6-16(7-2)10-11(3)14-12-15-13(4,5)8-9-17-12/h11H,6-10H2,1-5H3,(H,14,15). The quantitative estimate of drug-likeness (QED) is 0.820. The maximum Gasteiger partial charge on any atom is 0.157 e. The third-order valence-corrected chi connectivity index (χ3v) is 4.05. The normalized spacial score (nSPS) is 23.8. The van der Waals surface area contributed by atoms with E-state index in [1.54, 1.807) is 0 Å². The average molecular weight is 257 g/mol. The number of nitrogens with one attached hydrogen (secondary N) is 1. The van der Waals surface area contributed by atoms with Crippen molar-refractivity contribution >= 4 is 16.9 Å². The first-order valence-corrected chi connectivity index (χ1v) is 7.66. The first-order valence-electron chi connectivity index (χ1n) is 6.68. The van der Waals surface area contributed by atoms with Crippen LogP contribution < -0.4 is 5.32 Å². The lowest BCUT2D eigenvalue weighted by atomic mass is 10.0. The number of aliphatic imine (C=N–C) groups is 1. The molecule has 0 aliphatic carbocycles. The number of rotatable bonds is 5. The molecule has 1 saturated heterocycles. The number of hydrogen-bond donors (Lipinski definition) is 1. The Hall–Kier alpha value is -0.220. The van der Waals surface area contributed by atoms with E-state index in [1.165, 1.54) is 12.2 Å². The SMILES string of the molecule is CCN(CC)CC(C)N=C1NC(C)(C)CCS1. The van der Waals surface area contributed by atoms with Crippen molar-refractivity contribution in [3.05, 3.63) is 0 Å². The van der Waals surface area contributed by atoms with Gasteiger partial charge >= 0.3 is 0 Å². The Labute approximate surface area is 110 Å². The molecule has 0 saturated carbocycles. The largest absolute Gasteiger partial charge is 0.360 e. The van der Waals surface area contributed by atoms with E-state index in [2.05, 4.69) is 44.8 Å². The van der Waals surface area contributed by atoms with Crippen LogP contribution in [0, 0.1) is 0 Å². The molecule has 0 aromatic heterocycles. The topological polar surface area (TPSA) is 27.6 Å². The van der Waals surface area contributed by atoms with Crippen molar-refractivity contribution in [2.45, 2.75) is 52.6 Å². The molecule has 0 bridgehead atoms. The van der Waals surface area contributed by atoms with E-state index >= 15 is 0 Å². The zero-order chi connectivity index (χ0) is 12.9. The molecule has 0 amide bonds. The molecule has 1 N–H and O–H groups in total. The second-order valence-electron chi connectivity index (χ2n) is 5.38. The monoisotopic (exact) mass is 257 g/mol. The Bertz CT molecular complexity index is 259. The van der Waals surface area contributed by atoms with Gasteiger partial charge in [-0.1, -0.05) is 25.6 Å². The number of nitrogens with zero attached hydrogens (tertiary/aromatic N) is 2. The van der Waals surface area contributed by atoms with E-state index in [9.17, 15) is 0 Å². The number of hydrogen-bond acceptors (Lipinski definition) is 3. The summed E-state index contributed by atoms with van der Waals surface area (Å²) in [4.78, 5) is 7.22. The van der Waals surface area contributed by atoms with Crippen LogP contribution in [0.1, 0.15) is 41.0 Å². The van der Waals surface area contributed by atoms with Crippen LogP contribution in [0.3, 0.4) is 0 Å². The fourth-order valence-electron chi connectivity index (χ4n) is 1.96. The maximum absolute atomic E-state index is 4.79. The van der Waals surface area contributed by atoms with Crippen LogP contribution in [0.5, 0.6) is 0 Å². The molecule has 1 atom stereocenters. The molecular weight excluding hydrogens is 230 g/mol. The van der Waals surface area contributed by atoms with E-state index in [-0.39, 0.29) is 5.54 Å². The van der Waals surface area contributed by atoms with Crippen molar-refractivity contribution in [3.8, 4) is 0 Å². The summed E-state index contributed by atoms with van der Waals surface area (Å²) in [5.74, 6) is 1.18. The summed E-state index contributed by atoms with van der Waals surface area (Å²) in [7, 11) is 0. The molecule has 0 radical (unpaired) electrons. The van der Waals surface area contributed by atoms with Crippen LogP contribution >= 0.6 is 11.8 Å².